The SMILES string of the molecule is O=C1CC(NCC(O)c2cccc(F)c2)CN1. The number of aliphatic hydroxyl groups is 1. The molecule has 0 aliphatic carbocycles. The standard InChI is InChI=1S/C12H15FN2O2/c13-9-3-1-2-8(4-9)11(16)7-14-10-5-12(17)15-6-10/h1-4,10-11,14,16H,5-7H2,(H,15,17). The fourth-order valence-corrected chi connectivity index (χ4v) is 1.86. The number of amides is 1. The van der Waals surface area contributed by atoms with Crippen LogP contribution in [0, 0.1) is 5.82 Å². The maximum Gasteiger partial charge on any atom is 0.221 e. The Kier molecular flexibility index (Phi) is 3.71. The summed E-state index contributed by atoms with van der Waals surface area (Å²) < 4.78 is 12.9. The molecule has 3 N–H and O–H groups in total. The zero-order valence-electron chi connectivity index (χ0n) is 9.32. The first kappa shape index (κ1) is 12.0. The zero-order valence-corrected chi connectivity index (χ0v) is 9.32. The van der Waals surface area contributed by atoms with E-state index in [0.717, 1.165) is 0 Å². The van der Waals surface area contributed by atoms with E-state index in [4.69, 9.17) is 0 Å². The molecule has 1 heterocycles. The molecule has 1 aromatic carbocycles. The lowest BCUT2D eigenvalue weighted by Crippen LogP contribution is -2.34. The minimum atomic E-state index is -0.763. The number of carbonyl (C=O) groups excluding carboxylic acids is 1. The Labute approximate surface area is 98.8 Å². The van der Waals surface area contributed by atoms with Gasteiger partial charge in [0.15, 0.2) is 0 Å². The van der Waals surface area contributed by atoms with Gasteiger partial charge in [0.25, 0.3) is 0 Å². The van der Waals surface area contributed by atoms with E-state index in [-0.39, 0.29) is 17.8 Å². The molecule has 1 aliphatic rings. The monoisotopic (exact) mass is 238 g/mol. The van der Waals surface area contributed by atoms with Gasteiger partial charge in [0, 0.05) is 25.6 Å². The molecule has 1 aromatic rings. The van der Waals surface area contributed by atoms with Crippen molar-refractivity contribution in [3.05, 3.63) is 35.6 Å². The summed E-state index contributed by atoms with van der Waals surface area (Å²) in [5.41, 5.74) is 0.537. The molecule has 1 aliphatic heterocycles. The predicted octanol–water partition coefficient (Wildman–Crippen LogP) is 0.337. The molecule has 2 rings (SSSR count). The Bertz CT molecular complexity index is 411. The first-order chi connectivity index (χ1) is 8.15. The molecule has 0 bridgehead atoms. The van der Waals surface area contributed by atoms with Gasteiger partial charge in [-0.05, 0) is 17.7 Å². The number of benzene rings is 1. The van der Waals surface area contributed by atoms with Crippen molar-refractivity contribution in [2.24, 2.45) is 0 Å². The fraction of sp³-hybridized carbons (Fsp3) is 0.417. The van der Waals surface area contributed by atoms with Crippen LogP contribution in [-0.2, 0) is 4.79 Å². The maximum atomic E-state index is 12.9. The molecule has 1 amide bonds. The second-order valence-electron chi connectivity index (χ2n) is 4.18. The molecule has 2 unspecified atom stereocenters. The Morgan fingerprint density at radius 2 is 2.41 bits per heavy atom. The van der Waals surface area contributed by atoms with Gasteiger partial charge in [0.05, 0.1) is 6.10 Å². The summed E-state index contributed by atoms with van der Waals surface area (Å²) in [7, 11) is 0. The van der Waals surface area contributed by atoms with Crippen LogP contribution < -0.4 is 10.6 Å². The van der Waals surface area contributed by atoms with Crippen molar-refractivity contribution in [3.63, 3.8) is 0 Å². The summed E-state index contributed by atoms with van der Waals surface area (Å²) in [4.78, 5) is 10.9. The van der Waals surface area contributed by atoms with E-state index in [1.807, 2.05) is 0 Å². The molecule has 92 valence electrons. The number of nitrogens with one attached hydrogen (secondary N) is 2. The lowest BCUT2D eigenvalue weighted by molar-refractivity contribution is -0.119. The Morgan fingerprint density at radius 3 is 3.06 bits per heavy atom. The number of rotatable bonds is 4. The number of aliphatic hydroxyl groups excluding tert-OH is 1. The fourth-order valence-electron chi connectivity index (χ4n) is 1.86. The second kappa shape index (κ2) is 5.25. The molecular formula is C12H15FN2O2. The van der Waals surface area contributed by atoms with E-state index < -0.39 is 6.10 Å². The molecule has 2 atom stereocenters. The van der Waals surface area contributed by atoms with Gasteiger partial charge >= 0.3 is 0 Å². The molecule has 17 heavy (non-hydrogen) atoms. The van der Waals surface area contributed by atoms with Gasteiger partial charge < -0.3 is 15.7 Å². The molecule has 0 saturated carbocycles. The largest absolute Gasteiger partial charge is 0.387 e. The van der Waals surface area contributed by atoms with Crippen molar-refractivity contribution in [2.45, 2.75) is 18.6 Å². The van der Waals surface area contributed by atoms with Crippen molar-refractivity contribution in [1.29, 1.82) is 0 Å². The zero-order chi connectivity index (χ0) is 12.3. The summed E-state index contributed by atoms with van der Waals surface area (Å²) in [6, 6.07) is 5.93. The number of hydrogen-bond donors (Lipinski definition) is 3. The van der Waals surface area contributed by atoms with Crippen molar-refractivity contribution in [2.75, 3.05) is 13.1 Å². The quantitative estimate of drug-likeness (QED) is 0.708. The van der Waals surface area contributed by atoms with Crippen LogP contribution in [-0.4, -0.2) is 30.1 Å². The summed E-state index contributed by atoms with van der Waals surface area (Å²) in [6.07, 6.45) is -0.336. The minimum Gasteiger partial charge on any atom is -0.387 e. The molecule has 0 aromatic heterocycles. The molecule has 5 heteroatoms. The van der Waals surface area contributed by atoms with Crippen molar-refractivity contribution in [1.82, 2.24) is 10.6 Å². The Balaban J connectivity index is 1.85. The van der Waals surface area contributed by atoms with Crippen LogP contribution in [0.15, 0.2) is 24.3 Å². The Morgan fingerprint density at radius 1 is 1.59 bits per heavy atom. The smallest absolute Gasteiger partial charge is 0.221 e. The first-order valence-electron chi connectivity index (χ1n) is 5.59. The minimum absolute atomic E-state index is 0.0164. The van der Waals surface area contributed by atoms with Gasteiger partial charge in [-0.1, -0.05) is 12.1 Å². The highest BCUT2D eigenvalue weighted by Crippen LogP contribution is 2.13. The van der Waals surface area contributed by atoms with Crippen LogP contribution in [0.4, 0.5) is 4.39 Å². The average Bonchev–Trinajstić information content (AvgIpc) is 2.72. The van der Waals surface area contributed by atoms with E-state index in [1.165, 1.54) is 12.1 Å². The highest BCUT2D eigenvalue weighted by molar-refractivity contribution is 5.78. The van der Waals surface area contributed by atoms with Crippen LogP contribution in [0.25, 0.3) is 0 Å². The molecule has 4 nitrogen and oxygen atoms in total. The van der Waals surface area contributed by atoms with Crippen molar-refractivity contribution >= 4 is 5.91 Å². The summed E-state index contributed by atoms with van der Waals surface area (Å²) in [6.45, 7) is 0.887. The topological polar surface area (TPSA) is 61.4 Å². The van der Waals surface area contributed by atoms with Crippen LogP contribution in [0.2, 0.25) is 0 Å². The Hall–Kier alpha value is -1.46. The van der Waals surface area contributed by atoms with Crippen LogP contribution in [0.1, 0.15) is 18.1 Å². The lowest BCUT2D eigenvalue weighted by atomic mass is 10.1. The first-order valence-corrected chi connectivity index (χ1v) is 5.59. The average molecular weight is 238 g/mol. The number of halogens is 1. The molecule has 0 spiro atoms. The molecule has 1 saturated heterocycles. The second-order valence-corrected chi connectivity index (χ2v) is 4.18. The summed E-state index contributed by atoms with van der Waals surface area (Å²) in [5, 5.41) is 15.6. The third-order valence-electron chi connectivity index (χ3n) is 2.81. The molecular weight excluding hydrogens is 223 g/mol. The van der Waals surface area contributed by atoms with E-state index in [1.54, 1.807) is 12.1 Å². The number of carbonyl (C=O) groups is 1. The van der Waals surface area contributed by atoms with Gasteiger partial charge in [-0.15, -0.1) is 0 Å². The van der Waals surface area contributed by atoms with E-state index in [0.29, 0.717) is 25.1 Å². The van der Waals surface area contributed by atoms with E-state index >= 15 is 0 Å². The highest BCUT2D eigenvalue weighted by Gasteiger charge is 2.21. The van der Waals surface area contributed by atoms with Gasteiger partial charge in [-0.3, -0.25) is 4.79 Å². The van der Waals surface area contributed by atoms with Crippen molar-refractivity contribution in [3.8, 4) is 0 Å². The lowest BCUT2D eigenvalue weighted by Gasteiger charge is -2.15. The van der Waals surface area contributed by atoms with E-state index in [2.05, 4.69) is 10.6 Å². The van der Waals surface area contributed by atoms with Crippen molar-refractivity contribution < 1.29 is 14.3 Å². The van der Waals surface area contributed by atoms with Gasteiger partial charge in [0.2, 0.25) is 5.91 Å². The van der Waals surface area contributed by atoms with Crippen LogP contribution in [0.5, 0.6) is 0 Å². The van der Waals surface area contributed by atoms with E-state index in [9.17, 15) is 14.3 Å². The summed E-state index contributed by atoms with van der Waals surface area (Å²) >= 11 is 0. The molecule has 1 fully saturated rings. The normalized spacial score (nSPS) is 21.3. The summed E-state index contributed by atoms with van der Waals surface area (Å²) in [5.74, 6) is -0.345. The highest BCUT2D eigenvalue weighted by atomic mass is 19.1. The predicted molar refractivity (Wildman–Crippen MR) is 60.8 cm³/mol. The van der Waals surface area contributed by atoms with Gasteiger partial charge in [-0.25, -0.2) is 4.39 Å². The third kappa shape index (κ3) is 3.25. The molecule has 0 radical (unpaired) electrons. The maximum absolute atomic E-state index is 12.9. The number of hydrogen-bond acceptors (Lipinski definition) is 3. The van der Waals surface area contributed by atoms with Crippen LogP contribution >= 0.6 is 0 Å². The van der Waals surface area contributed by atoms with Gasteiger partial charge in [0.1, 0.15) is 5.82 Å². The van der Waals surface area contributed by atoms with Gasteiger partial charge in [-0.2, -0.15) is 0 Å². The van der Waals surface area contributed by atoms with Crippen LogP contribution in [0.3, 0.4) is 0 Å². The third-order valence-corrected chi connectivity index (χ3v) is 2.81.